The van der Waals surface area contributed by atoms with Crippen LogP contribution in [-0.4, -0.2) is 42.1 Å². The van der Waals surface area contributed by atoms with E-state index in [1.807, 2.05) is 0 Å². The molecule has 0 unspecified atom stereocenters. The molecule has 0 aliphatic carbocycles. The fourth-order valence-corrected chi connectivity index (χ4v) is 3.52. The number of hydrogen-bond donors (Lipinski definition) is 3. The van der Waals surface area contributed by atoms with Crippen LogP contribution in [0.2, 0.25) is 0 Å². The van der Waals surface area contributed by atoms with Crippen LogP contribution >= 0.6 is 0 Å². The Bertz CT molecular complexity index is 562. The molecule has 1 fully saturated rings. The van der Waals surface area contributed by atoms with Gasteiger partial charge in [0.1, 0.15) is 21.3 Å². The van der Waals surface area contributed by atoms with Gasteiger partial charge in [-0.3, -0.25) is 4.79 Å². The number of phenolic OH excluding ortho intramolecular Hbond substituents is 2. The summed E-state index contributed by atoms with van der Waals surface area (Å²) in [6.45, 7) is 0. The van der Waals surface area contributed by atoms with E-state index in [1.165, 1.54) is 12.1 Å². The third-order valence-electron chi connectivity index (χ3n) is 3.05. The van der Waals surface area contributed by atoms with Gasteiger partial charge in [0.25, 0.3) is 5.91 Å². The van der Waals surface area contributed by atoms with Crippen LogP contribution in [0.15, 0.2) is 18.2 Å². The molecule has 0 radical (unpaired) electrons. The lowest BCUT2D eigenvalue weighted by Crippen LogP contribution is -2.40. The van der Waals surface area contributed by atoms with Gasteiger partial charge in [-0.1, -0.05) is 0 Å². The lowest BCUT2D eigenvalue weighted by Gasteiger charge is -2.23. The molecule has 1 saturated heterocycles. The van der Waals surface area contributed by atoms with Crippen LogP contribution in [0.4, 0.5) is 0 Å². The van der Waals surface area contributed by atoms with Gasteiger partial charge in [0.15, 0.2) is 0 Å². The predicted octanol–water partition coefficient (Wildman–Crippen LogP) is 0.405. The Morgan fingerprint density at radius 3 is 2.16 bits per heavy atom. The van der Waals surface area contributed by atoms with Crippen LogP contribution in [0, 0.1) is 0 Å². The maximum atomic E-state index is 11.9. The first-order chi connectivity index (χ1) is 8.85. The number of aromatic hydroxyl groups is 2. The number of amides is 1. The Hall–Kier alpha value is -1.76. The van der Waals surface area contributed by atoms with Gasteiger partial charge in [0, 0.05) is 17.7 Å². The van der Waals surface area contributed by atoms with Gasteiger partial charge >= 0.3 is 0 Å². The van der Waals surface area contributed by atoms with Gasteiger partial charge in [-0.15, -0.1) is 0 Å². The Labute approximate surface area is 111 Å². The molecule has 7 heteroatoms. The second kappa shape index (κ2) is 5.08. The van der Waals surface area contributed by atoms with Crippen molar-refractivity contribution in [1.29, 1.82) is 0 Å². The molecule has 6 nitrogen and oxygen atoms in total. The van der Waals surface area contributed by atoms with Crippen molar-refractivity contribution in [2.75, 3.05) is 11.5 Å². The molecule has 1 amide bonds. The maximum absolute atomic E-state index is 11.9. The van der Waals surface area contributed by atoms with E-state index in [9.17, 15) is 23.4 Å². The number of benzene rings is 1. The Kier molecular flexibility index (Phi) is 3.66. The summed E-state index contributed by atoms with van der Waals surface area (Å²) in [4.78, 5) is 11.9. The second-order valence-electron chi connectivity index (χ2n) is 4.64. The molecule has 1 aliphatic heterocycles. The summed E-state index contributed by atoms with van der Waals surface area (Å²) < 4.78 is 22.5. The fourth-order valence-electron chi connectivity index (χ4n) is 2.03. The zero-order valence-corrected chi connectivity index (χ0v) is 11.0. The molecule has 3 N–H and O–H groups in total. The van der Waals surface area contributed by atoms with Gasteiger partial charge in [-0.05, 0) is 25.0 Å². The molecule has 1 heterocycles. The van der Waals surface area contributed by atoms with Gasteiger partial charge < -0.3 is 15.5 Å². The average Bonchev–Trinajstić information content (AvgIpc) is 2.30. The average molecular weight is 285 g/mol. The van der Waals surface area contributed by atoms with Crippen molar-refractivity contribution in [1.82, 2.24) is 5.32 Å². The fraction of sp³-hybridized carbons (Fsp3) is 0.417. The number of phenols is 2. The van der Waals surface area contributed by atoms with Crippen LogP contribution in [0.3, 0.4) is 0 Å². The van der Waals surface area contributed by atoms with Gasteiger partial charge in [-0.2, -0.15) is 0 Å². The molecule has 104 valence electrons. The molecule has 1 aromatic carbocycles. The Morgan fingerprint density at radius 1 is 1.11 bits per heavy atom. The van der Waals surface area contributed by atoms with Gasteiger partial charge in [0.05, 0.1) is 11.5 Å². The number of sulfone groups is 1. The standard InChI is InChI=1S/C12H15NO5S/c14-10-5-8(6-11(15)7-10)12(16)13-9-1-3-19(17,18)4-2-9/h5-7,9,14-15H,1-4H2,(H,13,16). The van der Waals surface area contributed by atoms with Crippen molar-refractivity contribution in [3.8, 4) is 11.5 Å². The quantitative estimate of drug-likeness (QED) is 0.730. The highest BCUT2D eigenvalue weighted by molar-refractivity contribution is 7.91. The van der Waals surface area contributed by atoms with E-state index in [-0.39, 0.29) is 34.6 Å². The molecule has 2 rings (SSSR count). The highest BCUT2D eigenvalue weighted by atomic mass is 32.2. The van der Waals surface area contributed by atoms with Crippen LogP contribution in [0.5, 0.6) is 11.5 Å². The number of carbonyl (C=O) groups is 1. The highest BCUT2D eigenvalue weighted by Crippen LogP contribution is 2.21. The van der Waals surface area contributed by atoms with Crippen molar-refractivity contribution in [3.63, 3.8) is 0 Å². The smallest absolute Gasteiger partial charge is 0.251 e. The summed E-state index contributed by atoms with van der Waals surface area (Å²) in [7, 11) is -2.96. The second-order valence-corrected chi connectivity index (χ2v) is 6.94. The van der Waals surface area contributed by atoms with E-state index in [1.54, 1.807) is 0 Å². The number of carbonyl (C=O) groups excluding carboxylic acids is 1. The van der Waals surface area contributed by atoms with Crippen molar-refractivity contribution >= 4 is 15.7 Å². The summed E-state index contributed by atoms with van der Waals surface area (Å²) in [5.74, 6) is -0.685. The summed E-state index contributed by atoms with van der Waals surface area (Å²) in [6.07, 6.45) is 0.776. The van der Waals surface area contributed by atoms with Crippen LogP contribution in [-0.2, 0) is 9.84 Å². The van der Waals surface area contributed by atoms with E-state index < -0.39 is 15.7 Å². The zero-order valence-electron chi connectivity index (χ0n) is 10.2. The molecule has 0 aromatic heterocycles. The highest BCUT2D eigenvalue weighted by Gasteiger charge is 2.25. The molecule has 19 heavy (non-hydrogen) atoms. The molecule has 0 spiro atoms. The van der Waals surface area contributed by atoms with Crippen LogP contribution in [0.1, 0.15) is 23.2 Å². The first-order valence-electron chi connectivity index (χ1n) is 5.90. The SMILES string of the molecule is O=C(NC1CCS(=O)(=O)CC1)c1cc(O)cc(O)c1. The lowest BCUT2D eigenvalue weighted by atomic mass is 10.1. The van der Waals surface area contributed by atoms with E-state index in [0.29, 0.717) is 12.8 Å². The minimum absolute atomic E-state index is 0.0727. The van der Waals surface area contributed by atoms with Crippen molar-refractivity contribution in [2.24, 2.45) is 0 Å². The number of nitrogens with one attached hydrogen (secondary N) is 1. The van der Waals surface area contributed by atoms with E-state index in [4.69, 9.17) is 0 Å². The van der Waals surface area contributed by atoms with E-state index >= 15 is 0 Å². The number of hydrogen-bond acceptors (Lipinski definition) is 5. The lowest BCUT2D eigenvalue weighted by molar-refractivity contribution is 0.0933. The molecule has 0 atom stereocenters. The molecular formula is C12H15NO5S. The molecule has 1 aromatic rings. The van der Waals surface area contributed by atoms with Crippen molar-refractivity contribution < 1.29 is 23.4 Å². The monoisotopic (exact) mass is 285 g/mol. The third-order valence-corrected chi connectivity index (χ3v) is 4.77. The normalized spacial score (nSPS) is 18.9. The van der Waals surface area contributed by atoms with E-state index in [0.717, 1.165) is 6.07 Å². The largest absolute Gasteiger partial charge is 0.508 e. The molecule has 0 saturated carbocycles. The molecule has 0 bridgehead atoms. The first-order valence-corrected chi connectivity index (χ1v) is 7.72. The minimum atomic E-state index is -2.96. The summed E-state index contributed by atoms with van der Waals surface area (Å²) >= 11 is 0. The predicted molar refractivity (Wildman–Crippen MR) is 68.9 cm³/mol. The first kappa shape index (κ1) is 13.7. The van der Waals surface area contributed by atoms with E-state index in [2.05, 4.69) is 5.32 Å². The third kappa shape index (κ3) is 3.60. The maximum Gasteiger partial charge on any atom is 0.251 e. The zero-order chi connectivity index (χ0) is 14.0. The Morgan fingerprint density at radius 2 is 1.63 bits per heavy atom. The van der Waals surface area contributed by atoms with Crippen LogP contribution < -0.4 is 5.32 Å². The molecule has 1 aliphatic rings. The minimum Gasteiger partial charge on any atom is -0.508 e. The van der Waals surface area contributed by atoms with Gasteiger partial charge in [0.2, 0.25) is 0 Å². The Balaban J connectivity index is 2.02. The summed E-state index contributed by atoms with van der Waals surface area (Å²) in [5.41, 5.74) is 0.144. The van der Waals surface area contributed by atoms with Crippen molar-refractivity contribution in [3.05, 3.63) is 23.8 Å². The van der Waals surface area contributed by atoms with Crippen LogP contribution in [0.25, 0.3) is 0 Å². The summed E-state index contributed by atoms with van der Waals surface area (Å²) in [5, 5.41) is 21.3. The number of rotatable bonds is 2. The topological polar surface area (TPSA) is 104 Å². The van der Waals surface area contributed by atoms with Crippen molar-refractivity contribution in [2.45, 2.75) is 18.9 Å². The van der Waals surface area contributed by atoms with Gasteiger partial charge in [-0.25, -0.2) is 8.42 Å². The molecular weight excluding hydrogens is 270 g/mol. The summed E-state index contributed by atoms with van der Waals surface area (Å²) in [6, 6.07) is 3.42.